The quantitative estimate of drug-likeness (QED) is 0.195. The van der Waals surface area contributed by atoms with Gasteiger partial charge in [-0.3, -0.25) is 9.59 Å². The van der Waals surface area contributed by atoms with E-state index in [9.17, 15) is 22.8 Å². The van der Waals surface area contributed by atoms with Crippen LogP contribution in [0.4, 0.5) is 18.9 Å². The van der Waals surface area contributed by atoms with Crippen molar-refractivity contribution in [2.75, 3.05) is 12.4 Å². The average molecular weight is 599 g/mol. The van der Waals surface area contributed by atoms with E-state index in [0.29, 0.717) is 34.2 Å². The topological polar surface area (TPSA) is 89.0 Å². The molecule has 0 atom stereocenters. The number of benzene rings is 3. The molecule has 2 N–H and O–H groups in total. The SMILES string of the molecule is COc1cc(/C=N/NC(=O)C(=O)Nc2cc(C(F)(F)F)ccc2Cl)cc(Br)c1OCc1ccccc1C. The number of carbonyl (C=O) groups is 2. The average Bonchev–Trinajstić information content (AvgIpc) is 2.84. The number of carbonyl (C=O) groups excluding carboxylic acids is 2. The summed E-state index contributed by atoms with van der Waals surface area (Å²) >= 11 is 9.26. The summed E-state index contributed by atoms with van der Waals surface area (Å²) in [6.07, 6.45) is -3.39. The molecular formula is C25H20BrClF3N3O4. The third kappa shape index (κ3) is 7.46. The Morgan fingerprint density at radius 1 is 1.11 bits per heavy atom. The van der Waals surface area contributed by atoms with E-state index in [1.807, 2.05) is 41.9 Å². The molecule has 0 saturated carbocycles. The Balaban J connectivity index is 1.65. The lowest BCUT2D eigenvalue weighted by Crippen LogP contribution is -2.32. The van der Waals surface area contributed by atoms with Gasteiger partial charge in [0.2, 0.25) is 0 Å². The number of hydrazone groups is 1. The first-order valence-corrected chi connectivity index (χ1v) is 11.7. The van der Waals surface area contributed by atoms with Gasteiger partial charge in [-0.1, -0.05) is 35.9 Å². The molecule has 194 valence electrons. The van der Waals surface area contributed by atoms with E-state index >= 15 is 0 Å². The predicted octanol–water partition coefficient (Wildman–Crippen LogP) is 6.11. The maximum absolute atomic E-state index is 12.9. The second kappa shape index (κ2) is 12.1. The van der Waals surface area contributed by atoms with Gasteiger partial charge in [-0.05, 0) is 69.9 Å². The van der Waals surface area contributed by atoms with Crippen molar-refractivity contribution in [3.63, 3.8) is 0 Å². The van der Waals surface area contributed by atoms with Crippen molar-refractivity contribution in [2.24, 2.45) is 5.10 Å². The van der Waals surface area contributed by atoms with Crippen molar-refractivity contribution in [3.8, 4) is 11.5 Å². The van der Waals surface area contributed by atoms with Crippen LogP contribution in [-0.4, -0.2) is 25.1 Å². The van der Waals surface area contributed by atoms with Crippen molar-refractivity contribution in [3.05, 3.63) is 86.3 Å². The highest BCUT2D eigenvalue weighted by atomic mass is 79.9. The van der Waals surface area contributed by atoms with Crippen LogP contribution in [0.1, 0.15) is 22.3 Å². The molecule has 12 heteroatoms. The fraction of sp³-hybridized carbons (Fsp3) is 0.160. The van der Waals surface area contributed by atoms with Crippen molar-refractivity contribution < 1.29 is 32.2 Å². The fourth-order valence-corrected chi connectivity index (χ4v) is 3.81. The van der Waals surface area contributed by atoms with E-state index in [1.165, 1.54) is 13.3 Å². The summed E-state index contributed by atoms with van der Waals surface area (Å²) in [5.41, 5.74) is 3.19. The smallest absolute Gasteiger partial charge is 0.416 e. The number of hydrogen-bond donors (Lipinski definition) is 2. The van der Waals surface area contributed by atoms with E-state index in [4.69, 9.17) is 21.1 Å². The molecule has 0 spiro atoms. The number of nitrogens with one attached hydrogen (secondary N) is 2. The van der Waals surface area contributed by atoms with Crippen LogP contribution in [0.3, 0.4) is 0 Å². The first kappa shape index (κ1) is 28.0. The van der Waals surface area contributed by atoms with Crippen molar-refractivity contribution in [1.29, 1.82) is 0 Å². The van der Waals surface area contributed by atoms with Crippen LogP contribution in [0.15, 0.2) is 64.2 Å². The number of rotatable bonds is 7. The Morgan fingerprint density at radius 2 is 1.84 bits per heavy atom. The molecule has 7 nitrogen and oxygen atoms in total. The minimum Gasteiger partial charge on any atom is -0.493 e. The normalized spacial score (nSPS) is 11.3. The number of anilines is 1. The van der Waals surface area contributed by atoms with Gasteiger partial charge in [0.05, 0.1) is 34.1 Å². The largest absolute Gasteiger partial charge is 0.493 e. The van der Waals surface area contributed by atoms with E-state index in [0.717, 1.165) is 23.3 Å². The first-order chi connectivity index (χ1) is 17.5. The molecule has 37 heavy (non-hydrogen) atoms. The summed E-state index contributed by atoms with van der Waals surface area (Å²) in [5.74, 6) is -1.61. The number of nitrogens with zero attached hydrogens (tertiary/aromatic N) is 1. The molecule has 0 aliphatic carbocycles. The molecule has 0 aromatic heterocycles. The van der Waals surface area contributed by atoms with Gasteiger partial charge in [0, 0.05) is 0 Å². The van der Waals surface area contributed by atoms with Gasteiger partial charge in [0.1, 0.15) is 6.61 Å². The number of alkyl halides is 3. The Bertz CT molecular complexity index is 1350. The van der Waals surface area contributed by atoms with Gasteiger partial charge in [0.25, 0.3) is 0 Å². The summed E-state index contributed by atoms with van der Waals surface area (Å²) in [6.45, 7) is 2.30. The van der Waals surface area contributed by atoms with Crippen molar-refractivity contribution in [2.45, 2.75) is 19.7 Å². The predicted molar refractivity (Wildman–Crippen MR) is 137 cm³/mol. The molecule has 3 aromatic carbocycles. The summed E-state index contributed by atoms with van der Waals surface area (Å²) in [4.78, 5) is 24.2. The Morgan fingerprint density at radius 3 is 2.51 bits per heavy atom. The Kier molecular flexibility index (Phi) is 9.17. The minimum atomic E-state index is -4.65. The molecule has 0 aliphatic rings. The highest BCUT2D eigenvalue weighted by Gasteiger charge is 2.31. The van der Waals surface area contributed by atoms with Crippen molar-refractivity contribution >= 4 is 51.2 Å². The van der Waals surface area contributed by atoms with Gasteiger partial charge in [-0.15, -0.1) is 0 Å². The van der Waals surface area contributed by atoms with Crippen molar-refractivity contribution in [1.82, 2.24) is 5.43 Å². The molecule has 3 rings (SSSR count). The second-order valence-electron chi connectivity index (χ2n) is 7.59. The summed E-state index contributed by atoms with van der Waals surface area (Å²) in [5, 5.41) is 5.59. The highest BCUT2D eigenvalue weighted by Crippen LogP contribution is 2.37. The van der Waals surface area contributed by atoms with Crippen LogP contribution in [-0.2, 0) is 22.4 Å². The molecule has 2 amide bonds. The number of aryl methyl sites for hydroxylation is 1. The van der Waals surface area contributed by atoms with Crippen LogP contribution in [0.2, 0.25) is 5.02 Å². The highest BCUT2D eigenvalue weighted by molar-refractivity contribution is 9.10. The zero-order valence-electron chi connectivity index (χ0n) is 19.5. The first-order valence-electron chi connectivity index (χ1n) is 10.6. The third-order valence-electron chi connectivity index (χ3n) is 5.01. The van der Waals surface area contributed by atoms with E-state index in [2.05, 4.69) is 21.0 Å². The van der Waals surface area contributed by atoms with E-state index in [1.54, 1.807) is 12.1 Å². The van der Waals surface area contributed by atoms with Gasteiger partial charge in [0.15, 0.2) is 11.5 Å². The Labute approximate surface area is 223 Å². The zero-order chi connectivity index (χ0) is 27.2. The fourth-order valence-electron chi connectivity index (χ4n) is 3.07. The van der Waals surface area contributed by atoms with Crippen LogP contribution in [0.5, 0.6) is 11.5 Å². The monoisotopic (exact) mass is 597 g/mol. The lowest BCUT2D eigenvalue weighted by Gasteiger charge is -2.14. The number of hydrogen-bond acceptors (Lipinski definition) is 5. The molecule has 0 aliphatic heterocycles. The van der Waals surface area contributed by atoms with Gasteiger partial charge < -0.3 is 14.8 Å². The Hall–Kier alpha value is -3.57. The van der Waals surface area contributed by atoms with E-state index < -0.39 is 23.6 Å². The van der Waals surface area contributed by atoms with Crippen LogP contribution in [0.25, 0.3) is 0 Å². The van der Waals surface area contributed by atoms with Crippen LogP contribution in [0, 0.1) is 6.92 Å². The zero-order valence-corrected chi connectivity index (χ0v) is 21.8. The molecule has 0 radical (unpaired) electrons. The standard InChI is InChI=1S/C25H20BrClF3N3O4/c1-14-5-3-4-6-16(14)13-37-22-18(26)9-15(10-21(22)36-2)12-31-33-24(35)23(34)32-20-11-17(25(28,29)30)7-8-19(20)27/h3-12H,13H2,1-2H3,(H,32,34)(H,33,35)/b31-12+. The second-order valence-corrected chi connectivity index (χ2v) is 8.86. The maximum Gasteiger partial charge on any atom is 0.416 e. The van der Waals surface area contributed by atoms with Gasteiger partial charge >= 0.3 is 18.0 Å². The lowest BCUT2D eigenvalue weighted by atomic mass is 10.1. The van der Waals surface area contributed by atoms with Crippen LogP contribution >= 0.6 is 27.5 Å². The summed E-state index contributed by atoms with van der Waals surface area (Å²) < 4.78 is 50.6. The molecule has 0 fully saturated rings. The molecule has 0 saturated heterocycles. The molecule has 0 unspecified atom stereocenters. The minimum absolute atomic E-state index is 0.167. The van der Waals surface area contributed by atoms with Crippen LogP contribution < -0.4 is 20.2 Å². The number of halogens is 5. The van der Waals surface area contributed by atoms with Gasteiger partial charge in [-0.2, -0.15) is 18.3 Å². The lowest BCUT2D eigenvalue weighted by molar-refractivity contribution is -0.137. The maximum atomic E-state index is 12.9. The summed E-state index contributed by atoms with van der Waals surface area (Å²) in [7, 11) is 1.47. The van der Waals surface area contributed by atoms with E-state index in [-0.39, 0.29) is 10.7 Å². The molecule has 0 heterocycles. The van der Waals surface area contributed by atoms with Gasteiger partial charge in [-0.25, -0.2) is 5.43 Å². The number of ether oxygens (including phenoxy) is 2. The molecular weight excluding hydrogens is 579 g/mol. The molecule has 3 aromatic rings. The number of amides is 2. The molecule has 0 bridgehead atoms. The third-order valence-corrected chi connectivity index (χ3v) is 5.93. The summed E-state index contributed by atoms with van der Waals surface area (Å²) in [6, 6.07) is 13.4. The number of methoxy groups -OCH3 is 1.